The molecule has 490 valence electrons. The number of fused-ring (bicyclic) bond motifs is 4. The van der Waals surface area contributed by atoms with Crippen LogP contribution in [-0.2, 0) is 75.8 Å². The lowest BCUT2D eigenvalue weighted by molar-refractivity contribution is -0.483. The second-order valence-electron chi connectivity index (χ2n) is 25.5. The van der Waals surface area contributed by atoms with Gasteiger partial charge in [0.1, 0.15) is 12.2 Å². The minimum absolute atomic E-state index is 0.0549. The highest BCUT2D eigenvalue weighted by atomic mass is 16.8. The monoisotopic (exact) mass is 1200 g/mol. The molecule has 4 N–H and O–H groups in total. The van der Waals surface area contributed by atoms with Gasteiger partial charge in [-0.1, -0.05) is 27.7 Å². The molecule has 0 aliphatic carbocycles. The number of hydrogen-bond donors (Lipinski definition) is 4. The third kappa shape index (κ3) is 14.9. The molecule has 8 spiro atoms. The molecule has 12 aliphatic rings. The lowest BCUT2D eigenvalue weighted by Crippen LogP contribution is -2.70. The van der Waals surface area contributed by atoms with Gasteiger partial charge in [0.25, 0.3) is 0 Å². The lowest BCUT2D eigenvalue weighted by Gasteiger charge is -2.58. The largest absolute Gasteiger partial charge is 0.394 e. The van der Waals surface area contributed by atoms with Crippen LogP contribution in [0.2, 0.25) is 0 Å². The molecule has 0 aromatic heterocycles. The summed E-state index contributed by atoms with van der Waals surface area (Å²) in [5.74, 6) is -5.89. The first-order valence-electron chi connectivity index (χ1n) is 33.7. The summed E-state index contributed by atoms with van der Waals surface area (Å²) in [4.78, 5) is 0. The van der Waals surface area contributed by atoms with Crippen LogP contribution in [0, 0.1) is 0 Å². The molecule has 12 aliphatic heterocycles. The predicted octanol–water partition coefficient (Wildman–Crippen LogP) is 9.67. The first-order chi connectivity index (χ1) is 40.6. The van der Waals surface area contributed by atoms with Gasteiger partial charge in [0.2, 0.25) is 46.3 Å². The summed E-state index contributed by atoms with van der Waals surface area (Å²) in [7, 11) is 0. The number of hydrogen-bond acceptors (Lipinski definition) is 20. The fraction of sp³-hybridized carbons (Fsp3) is 1.00. The first-order valence-corrected chi connectivity index (χ1v) is 33.7. The van der Waals surface area contributed by atoms with Gasteiger partial charge in [0, 0.05) is 51.4 Å². The molecule has 0 bridgehead atoms. The van der Waals surface area contributed by atoms with Gasteiger partial charge in [-0.25, -0.2) is 0 Å². The standard InChI is InChI=1S/2C16H28O4.C14H24O6.C14H24O4.C4H10O2/c2*1-3-13-14(4-2)20-16(10-6-8-12-18-16)15(19-13)9-5-7-11-17-15;15-9-11-12(10-16)20-14(6-2-4-8-18-14)13(19-11)5-1-3-7-17-13;1-11-12(2)18-14(8-4-6-10-16-14)13(17-11)7-3-5-9-15-13;1-3(5)4(2)6/h2*13-14H,3-12H2,1-2H3;11-12,15-16H,1-10H2;11-12H,3-10H2,1-2H3;3-6H,1-2H3/t2*13-,14?,15+,16?;2*11-,12?,13+,14?;3-,4-/m00000/s1. The maximum Gasteiger partial charge on any atom is 0.224 e. The van der Waals surface area contributed by atoms with Crippen LogP contribution in [0.15, 0.2) is 0 Å². The van der Waals surface area contributed by atoms with Crippen LogP contribution in [0.3, 0.4) is 0 Å². The molecule has 0 saturated carbocycles. The van der Waals surface area contributed by atoms with Crippen molar-refractivity contribution in [2.24, 2.45) is 0 Å². The zero-order valence-electron chi connectivity index (χ0n) is 53.0. The maximum atomic E-state index is 9.48. The third-order valence-electron chi connectivity index (χ3n) is 19.6. The minimum atomic E-state index is -0.940. The number of aliphatic hydroxyl groups excluding tert-OH is 4. The van der Waals surface area contributed by atoms with E-state index in [0.717, 1.165) is 207 Å². The molecule has 84 heavy (non-hydrogen) atoms. The average molecular weight is 1200 g/mol. The van der Waals surface area contributed by atoms with E-state index >= 15 is 0 Å². The summed E-state index contributed by atoms with van der Waals surface area (Å²) < 4.78 is 99.2. The highest BCUT2D eigenvalue weighted by Crippen LogP contribution is 2.54. The smallest absolute Gasteiger partial charge is 0.224 e. The van der Waals surface area contributed by atoms with Crippen molar-refractivity contribution in [3.05, 3.63) is 0 Å². The Morgan fingerprint density at radius 3 is 0.583 bits per heavy atom. The van der Waals surface area contributed by atoms with Crippen molar-refractivity contribution in [2.75, 3.05) is 66.1 Å². The second-order valence-corrected chi connectivity index (χ2v) is 25.5. The molecular weight excluding hydrogens is 1090 g/mol. The fourth-order valence-electron chi connectivity index (χ4n) is 14.4. The Morgan fingerprint density at radius 2 is 0.452 bits per heavy atom. The van der Waals surface area contributed by atoms with Gasteiger partial charge in [-0.2, -0.15) is 0 Å². The van der Waals surface area contributed by atoms with Gasteiger partial charge in [0.05, 0.1) is 115 Å². The SMILES string of the molecule is CC1OC2(CCCCO2)[C@@]2(CCCCO2)O[C@H]1C.CCC1OC2(CCCCO2)[C@@]2(CCCCO2)O[C@H]1CC.CCC1OC2(CCCCO2)[C@@]2(CCCCO2)O[C@H]1CC.C[C@H](O)[C@H](C)O.OCC1OC2(CCCCO2)[C@@]2(CCCCO2)O[C@H]1CO. The van der Waals surface area contributed by atoms with E-state index in [4.69, 9.17) is 86.0 Å². The van der Waals surface area contributed by atoms with Crippen LogP contribution < -0.4 is 0 Å². The Morgan fingerprint density at radius 1 is 0.286 bits per heavy atom. The summed E-state index contributed by atoms with van der Waals surface area (Å²) >= 11 is 0. The minimum Gasteiger partial charge on any atom is -0.394 e. The molecule has 0 amide bonds. The Kier molecular flexibility index (Phi) is 25.9. The quantitative estimate of drug-likeness (QED) is 0.186. The maximum absolute atomic E-state index is 9.48. The van der Waals surface area contributed by atoms with E-state index in [1.54, 1.807) is 13.8 Å². The predicted molar refractivity (Wildman–Crippen MR) is 309 cm³/mol. The lowest BCUT2D eigenvalue weighted by atomic mass is 9.87. The molecular formula is C64H114O20. The first kappa shape index (κ1) is 69.1. The normalized spacial score (nSPS) is 44.9. The number of ether oxygens (including phenoxy) is 16. The summed E-state index contributed by atoms with van der Waals surface area (Å²) in [6, 6.07) is 0. The molecule has 12 heterocycles. The molecule has 0 aromatic carbocycles. The van der Waals surface area contributed by atoms with Crippen molar-refractivity contribution in [3.8, 4) is 0 Å². The van der Waals surface area contributed by atoms with Crippen molar-refractivity contribution in [2.45, 2.75) is 343 Å². The topological polar surface area (TPSA) is 229 Å². The van der Waals surface area contributed by atoms with Crippen LogP contribution in [0.1, 0.15) is 235 Å². The van der Waals surface area contributed by atoms with Crippen molar-refractivity contribution < 1.29 is 96.2 Å². The van der Waals surface area contributed by atoms with Crippen molar-refractivity contribution in [3.63, 3.8) is 0 Å². The fourth-order valence-corrected chi connectivity index (χ4v) is 14.4. The van der Waals surface area contributed by atoms with Crippen LogP contribution in [-0.4, -0.2) is 194 Å². The Balaban J connectivity index is 0.000000141. The Hall–Kier alpha value is -0.800. The van der Waals surface area contributed by atoms with E-state index in [1.165, 1.54) is 0 Å². The summed E-state index contributed by atoms with van der Waals surface area (Å²) in [6.45, 7) is 21.2. The summed E-state index contributed by atoms with van der Waals surface area (Å²) in [5, 5.41) is 35.7. The number of rotatable bonds is 7. The van der Waals surface area contributed by atoms with Gasteiger partial charge in [-0.3, -0.25) is 0 Å². The van der Waals surface area contributed by atoms with Crippen LogP contribution in [0.4, 0.5) is 0 Å². The van der Waals surface area contributed by atoms with Crippen LogP contribution in [0.5, 0.6) is 0 Å². The van der Waals surface area contributed by atoms with E-state index in [2.05, 4.69) is 41.5 Å². The van der Waals surface area contributed by atoms with Gasteiger partial charge < -0.3 is 96.2 Å². The van der Waals surface area contributed by atoms with Gasteiger partial charge in [-0.15, -0.1) is 0 Å². The Labute approximate surface area is 503 Å². The Bertz CT molecular complexity index is 1570. The molecule has 12 fully saturated rings. The van der Waals surface area contributed by atoms with Crippen LogP contribution >= 0.6 is 0 Å². The third-order valence-corrected chi connectivity index (χ3v) is 19.6. The zero-order chi connectivity index (χ0) is 60.0. The van der Waals surface area contributed by atoms with Gasteiger partial charge >= 0.3 is 0 Å². The summed E-state index contributed by atoms with van der Waals surface area (Å²) in [5.41, 5.74) is 0. The second kappa shape index (κ2) is 31.5. The molecule has 0 aromatic rings. The van der Waals surface area contributed by atoms with Gasteiger partial charge in [-0.05, 0) is 156 Å². The van der Waals surface area contributed by atoms with Crippen molar-refractivity contribution in [1.29, 1.82) is 0 Å². The van der Waals surface area contributed by atoms with Crippen LogP contribution in [0.25, 0.3) is 0 Å². The molecule has 8 unspecified atom stereocenters. The molecule has 20 nitrogen and oxygen atoms in total. The van der Waals surface area contributed by atoms with Crippen molar-refractivity contribution in [1.82, 2.24) is 0 Å². The van der Waals surface area contributed by atoms with E-state index < -0.39 is 70.7 Å². The highest BCUT2D eigenvalue weighted by Gasteiger charge is 2.67. The van der Waals surface area contributed by atoms with Gasteiger partial charge in [0.15, 0.2) is 0 Å². The molecule has 20 heteroatoms. The van der Waals surface area contributed by atoms with E-state index in [9.17, 15) is 10.2 Å². The summed E-state index contributed by atoms with van der Waals surface area (Å²) in [6.07, 6.45) is 26.1. The molecule has 12 rings (SSSR count). The van der Waals surface area contributed by atoms with E-state index in [-0.39, 0.29) is 49.8 Å². The molecule has 12 saturated heterocycles. The molecule has 18 atom stereocenters. The van der Waals surface area contributed by atoms with E-state index in [1.807, 2.05) is 0 Å². The zero-order valence-corrected chi connectivity index (χ0v) is 53.0. The molecule has 0 radical (unpaired) electrons. The van der Waals surface area contributed by atoms with Crippen molar-refractivity contribution >= 4 is 0 Å². The average Bonchev–Trinajstić information content (AvgIpc) is 1.19. The highest BCUT2D eigenvalue weighted by molar-refractivity contribution is 5.02. The van der Waals surface area contributed by atoms with E-state index in [0.29, 0.717) is 26.1 Å². The number of aliphatic hydroxyl groups is 4.